The van der Waals surface area contributed by atoms with Crippen LogP contribution >= 0.6 is 0 Å². The van der Waals surface area contributed by atoms with E-state index < -0.39 is 11.7 Å². The van der Waals surface area contributed by atoms with Crippen LogP contribution in [0.2, 0.25) is 0 Å². The lowest BCUT2D eigenvalue weighted by Crippen LogP contribution is -2.33. The molecule has 1 N–H and O–H groups in total. The van der Waals surface area contributed by atoms with Gasteiger partial charge < -0.3 is 14.8 Å². The highest BCUT2D eigenvalue weighted by Crippen LogP contribution is 2.23. The molecule has 0 radical (unpaired) electrons. The summed E-state index contributed by atoms with van der Waals surface area (Å²) in [6.45, 7) is 7.29. The summed E-state index contributed by atoms with van der Waals surface area (Å²) in [5.41, 5.74) is 2.77. The number of anilines is 1. The molecule has 1 heterocycles. The molecule has 2 aromatic carbocycles. The molecule has 0 aliphatic rings. The smallest absolute Gasteiger partial charge is 0.296 e. The fourth-order valence-electron chi connectivity index (χ4n) is 3.51. The van der Waals surface area contributed by atoms with Gasteiger partial charge >= 0.3 is 0 Å². The fraction of sp³-hybridized carbons (Fsp3) is 0.292. The van der Waals surface area contributed by atoms with Crippen LogP contribution in [0.5, 0.6) is 0 Å². The third-order valence-electron chi connectivity index (χ3n) is 5.28. The number of hydrogen-bond acceptors (Lipinski definition) is 3. The molecule has 30 heavy (non-hydrogen) atoms. The highest BCUT2D eigenvalue weighted by atomic mass is 16.2. The average molecular weight is 405 g/mol. The van der Waals surface area contributed by atoms with E-state index in [0.29, 0.717) is 29.7 Å². The van der Waals surface area contributed by atoms with Crippen LogP contribution in [-0.2, 0) is 22.6 Å². The van der Waals surface area contributed by atoms with Crippen molar-refractivity contribution in [1.82, 2.24) is 9.47 Å². The van der Waals surface area contributed by atoms with E-state index >= 15 is 0 Å². The van der Waals surface area contributed by atoms with E-state index in [-0.39, 0.29) is 12.5 Å². The largest absolute Gasteiger partial charge is 0.342 e. The van der Waals surface area contributed by atoms with Crippen molar-refractivity contribution in [3.05, 3.63) is 65.9 Å². The van der Waals surface area contributed by atoms with Crippen LogP contribution in [0.3, 0.4) is 0 Å². The summed E-state index contributed by atoms with van der Waals surface area (Å²) in [5.74, 6) is -1.35. The normalized spacial score (nSPS) is 10.8. The second kappa shape index (κ2) is 9.39. The fourth-order valence-corrected chi connectivity index (χ4v) is 3.51. The number of nitrogens with zero attached hydrogens (tertiary/aromatic N) is 2. The Hall–Kier alpha value is -3.41. The Kier molecular flexibility index (Phi) is 6.67. The molecule has 1 aromatic heterocycles. The van der Waals surface area contributed by atoms with E-state index in [0.717, 1.165) is 17.5 Å². The van der Waals surface area contributed by atoms with Crippen LogP contribution in [-0.4, -0.2) is 40.2 Å². The van der Waals surface area contributed by atoms with E-state index in [2.05, 4.69) is 12.2 Å². The standard InChI is InChI=1S/C24H27N3O3/c1-4-17-11-13-18(14-12-17)25-24(30)23(29)20-15-27(16-22(28)26(5-2)6-3)21-10-8-7-9-19(20)21/h7-15H,4-6,16H2,1-3H3,(H,25,30). The van der Waals surface area contributed by atoms with Gasteiger partial charge in [0.2, 0.25) is 5.91 Å². The number of para-hydroxylation sites is 1. The summed E-state index contributed by atoms with van der Waals surface area (Å²) in [6, 6.07) is 14.7. The van der Waals surface area contributed by atoms with Crippen LogP contribution in [0.4, 0.5) is 5.69 Å². The van der Waals surface area contributed by atoms with Crippen molar-refractivity contribution in [3.63, 3.8) is 0 Å². The van der Waals surface area contributed by atoms with Gasteiger partial charge in [0.25, 0.3) is 11.7 Å². The van der Waals surface area contributed by atoms with Gasteiger partial charge in [-0.25, -0.2) is 0 Å². The summed E-state index contributed by atoms with van der Waals surface area (Å²) < 4.78 is 1.74. The summed E-state index contributed by atoms with van der Waals surface area (Å²) in [4.78, 5) is 39.8. The first-order valence-corrected chi connectivity index (χ1v) is 10.3. The van der Waals surface area contributed by atoms with Crippen LogP contribution < -0.4 is 5.32 Å². The van der Waals surface area contributed by atoms with Crippen LogP contribution in [0.15, 0.2) is 54.7 Å². The van der Waals surface area contributed by atoms with Gasteiger partial charge in [0.15, 0.2) is 0 Å². The molecular formula is C24H27N3O3. The van der Waals surface area contributed by atoms with Crippen molar-refractivity contribution in [1.29, 1.82) is 0 Å². The van der Waals surface area contributed by atoms with E-state index in [1.807, 2.05) is 44.2 Å². The van der Waals surface area contributed by atoms with Gasteiger partial charge in [-0.3, -0.25) is 14.4 Å². The number of aryl methyl sites for hydroxylation is 1. The van der Waals surface area contributed by atoms with E-state index in [1.54, 1.807) is 33.9 Å². The number of hydrogen-bond donors (Lipinski definition) is 1. The molecule has 0 aliphatic heterocycles. The molecule has 2 amide bonds. The zero-order chi connectivity index (χ0) is 21.7. The molecule has 0 aliphatic carbocycles. The maximum Gasteiger partial charge on any atom is 0.296 e. The van der Waals surface area contributed by atoms with Crippen molar-refractivity contribution in [2.75, 3.05) is 18.4 Å². The molecule has 3 aromatic rings. The van der Waals surface area contributed by atoms with Gasteiger partial charge in [-0.1, -0.05) is 37.3 Å². The lowest BCUT2D eigenvalue weighted by atomic mass is 10.1. The van der Waals surface area contributed by atoms with Gasteiger partial charge in [0.1, 0.15) is 6.54 Å². The Balaban J connectivity index is 1.86. The first-order valence-electron chi connectivity index (χ1n) is 10.3. The summed E-state index contributed by atoms with van der Waals surface area (Å²) in [6.07, 6.45) is 2.51. The molecule has 6 heteroatoms. The van der Waals surface area contributed by atoms with Crippen molar-refractivity contribution in [2.45, 2.75) is 33.7 Å². The summed E-state index contributed by atoms with van der Waals surface area (Å²) in [7, 11) is 0. The number of carbonyl (C=O) groups is 3. The molecule has 0 fully saturated rings. The van der Waals surface area contributed by atoms with Crippen molar-refractivity contribution >= 4 is 34.2 Å². The minimum Gasteiger partial charge on any atom is -0.342 e. The van der Waals surface area contributed by atoms with Crippen molar-refractivity contribution in [3.8, 4) is 0 Å². The Morgan fingerprint density at radius 3 is 2.23 bits per heavy atom. The molecule has 0 unspecified atom stereocenters. The molecule has 0 bridgehead atoms. The molecular weight excluding hydrogens is 378 g/mol. The maximum atomic E-state index is 12.9. The number of amides is 2. The van der Waals surface area contributed by atoms with Crippen molar-refractivity contribution in [2.24, 2.45) is 0 Å². The van der Waals surface area contributed by atoms with Gasteiger partial charge in [0, 0.05) is 35.9 Å². The van der Waals surface area contributed by atoms with Crippen LogP contribution in [0.1, 0.15) is 36.7 Å². The number of Topliss-reactive ketones (excluding diaryl/α,β-unsaturated/α-hetero) is 1. The second-order valence-corrected chi connectivity index (χ2v) is 7.09. The molecule has 0 spiro atoms. The van der Waals surface area contributed by atoms with Crippen LogP contribution in [0, 0.1) is 0 Å². The quantitative estimate of drug-likeness (QED) is 0.456. The topological polar surface area (TPSA) is 71.4 Å². The lowest BCUT2D eigenvalue weighted by molar-refractivity contribution is -0.131. The minimum absolute atomic E-state index is 0.0276. The lowest BCUT2D eigenvalue weighted by Gasteiger charge is -2.19. The highest BCUT2D eigenvalue weighted by Gasteiger charge is 2.23. The number of fused-ring (bicyclic) bond motifs is 1. The zero-order valence-electron chi connectivity index (χ0n) is 17.6. The van der Waals surface area contributed by atoms with Gasteiger partial charge in [-0.05, 0) is 44.0 Å². The molecule has 0 saturated heterocycles. The molecule has 0 atom stereocenters. The number of likely N-dealkylation sites (N-methyl/N-ethyl adjacent to an activating group) is 1. The molecule has 156 valence electrons. The van der Waals surface area contributed by atoms with E-state index in [9.17, 15) is 14.4 Å². The van der Waals surface area contributed by atoms with Gasteiger partial charge in [-0.15, -0.1) is 0 Å². The Morgan fingerprint density at radius 1 is 0.933 bits per heavy atom. The SMILES string of the molecule is CCc1ccc(NC(=O)C(=O)c2cn(CC(=O)N(CC)CC)c3ccccc23)cc1. The van der Waals surface area contributed by atoms with E-state index in [1.165, 1.54) is 0 Å². The first kappa shape index (κ1) is 21.3. The number of carbonyl (C=O) groups excluding carboxylic acids is 3. The predicted molar refractivity (Wildman–Crippen MR) is 119 cm³/mol. The third-order valence-corrected chi connectivity index (χ3v) is 5.28. The molecule has 6 nitrogen and oxygen atoms in total. The number of rotatable bonds is 8. The maximum absolute atomic E-state index is 12.9. The summed E-state index contributed by atoms with van der Waals surface area (Å²) in [5, 5.41) is 3.33. The minimum atomic E-state index is -0.697. The molecule has 0 saturated carbocycles. The number of ketones is 1. The zero-order valence-corrected chi connectivity index (χ0v) is 17.6. The first-order chi connectivity index (χ1) is 14.5. The average Bonchev–Trinajstić information content (AvgIpc) is 3.13. The Labute approximate surface area is 176 Å². The Bertz CT molecular complexity index is 1060. The summed E-state index contributed by atoms with van der Waals surface area (Å²) >= 11 is 0. The number of aromatic nitrogens is 1. The van der Waals surface area contributed by atoms with Crippen LogP contribution in [0.25, 0.3) is 10.9 Å². The van der Waals surface area contributed by atoms with E-state index in [4.69, 9.17) is 0 Å². The second-order valence-electron chi connectivity index (χ2n) is 7.09. The number of benzene rings is 2. The van der Waals surface area contributed by atoms with Crippen molar-refractivity contribution < 1.29 is 14.4 Å². The number of nitrogens with one attached hydrogen (secondary N) is 1. The molecule has 3 rings (SSSR count). The monoisotopic (exact) mass is 405 g/mol. The predicted octanol–water partition coefficient (Wildman–Crippen LogP) is 3.89. The van der Waals surface area contributed by atoms with Gasteiger partial charge in [0.05, 0.1) is 5.56 Å². The third kappa shape index (κ3) is 4.43. The Morgan fingerprint density at radius 2 is 1.60 bits per heavy atom. The van der Waals surface area contributed by atoms with Gasteiger partial charge in [-0.2, -0.15) is 0 Å². The highest BCUT2D eigenvalue weighted by molar-refractivity contribution is 6.48.